The fourth-order valence-corrected chi connectivity index (χ4v) is 4.80. The molecule has 2 aromatic rings. The average Bonchev–Trinajstić information content (AvgIpc) is 2.74. The maximum atomic E-state index is 13.3. The second-order valence-electron chi connectivity index (χ2n) is 10.1. The summed E-state index contributed by atoms with van der Waals surface area (Å²) in [5, 5.41) is 2.95. The molecule has 2 amide bonds. The predicted octanol–water partition coefficient (Wildman–Crippen LogP) is 4.18. The van der Waals surface area contributed by atoms with E-state index >= 15 is 0 Å². The lowest BCUT2D eigenvalue weighted by molar-refractivity contribution is -0.141. The summed E-state index contributed by atoms with van der Waals surface area (Å²) in [6.07, 6.45) is 1.62. The fraction of sp³-hybridized carbons (Fsp3) is 0.481. The number of rotatable bonds is 10. The summed E-state index contributed by atoms with van der Waals surface area (Å²) >= 11 is 0. The maximum absolute atomic E-state index is 13.3. The SMILES string of the molecule is Cc1ccc(CN(C(=O)CCCN(c2ccccc2C)S(C)(=O)=O)[C@@H](C)C(=O)NC(C)(C)C)cc1. The minimum atomic E-state index is -3.52. The van der Waals surface area contributed by atoms with Crippen molar-refractivity contribution in [1.29, 1.82) is 0 Å². The largest absolute Gasteiger partial charge is 0.350 e. The van der Waals surface area contributed by atoms with Crippen molar-refractivity contribution in [1.82, 2.24) is 10.2 Å². The Morgan fingerprint density at radius 3 is 2.14 bits per heavy atom. The van der Waals surface area contributed by atoms with Crippen LogP contribution >= 0.6 is 0 Å². The van der Waals surface area contributed by atoms with Gasteiger partial charge in [0.25, 0.3) is 0 Å². The third-order valence-corrected chi connectivity index (χ3v) is 6.86. The summed E-state index contributed by atoms with van der Waals surface area (Å²) < 4.78 is 26.3. The van der Waals surface area contributed by atoms with Crippen molar-refractivity contribution in [3.8, 4) is 0 Å². The molecule has 1 N–H and O–H groups in total. The molecule has 8 heteroatoms. The fourth-order valence-electron chi connectivity index (χ4n) is 3.77. The van der Waals surface area contributed by atoms with Gasteiger partial charge in [-0.25, -0.2) is 8.42 Å². The molecule has 0 aromatic heterocycles. The van der Waals surface area contributed by atoms with Crippen LogP contribution in [-0.2, 0) is 26.2 Å². The van der Waals surface area contributed by atoms with Gasteiger partial charge in [0, 0.05) is 25.0 Å². The van der Waals surface area contributed by atoms with E-state index in [2.05, 4.69) is 5.32 Å². The second-order valence-corrected chi connectivity index (χ2v) is 12.1. The van der Waals surface area contributed by atoms with Crippen LogP contribution in [0.1, 0.15) is 57.2 Å². The first-order valence-corrected chi connectivity index (χ1v) is 13.7. The first-order valence-electron chi connectivity index (χ1n) is 11.9. The lowest BCUT2D eigenvalue weighted by Gasteiger charge is -2.32. The summed E-state index contributed by atoms with van der Waals surface area (Å²) in [4.78, 5) is 27.8. The van der Waals surface area contributed by atoms with Crippen molar-refractivity contribution in [2.75, 3.05) is 17.1 Å². The van der Waals surface area contributed by atoms with Crippen molar-refractivity contribution < 1.29 is 18.0 Å². The van der Waals surface area contributed by atoms with Gasteiger partial charge in [-0.3, -0.25) is 13.9 Å². The molecule has 0 saturated carbocycles. The highest BCUT2D eigenvalue weighted by molar-refractivity contribution is 7.92. The monoisotopic (exact) mass is 501 g/mol. The van der Waals surface area contributed by atoms with Crippen LogP contribution in [0, 0.1) is 13.8 Å². The third-order valence-electron chi connectivity index (χ3n) is 5.68. The molecule has 0 radical (unpaired) electrons. The molecule has 192 valence electrons. The van der Waals surface area contributed by atoms with Gasteiger partial charge in [-0.1, -0.05) is 48.0 Å². The molecule has 0 saturated heterocycles. The van der Waals surface area contributed by atoms with Gasteiger partial charge >= 0.3 is 0 Å². The van der Waals surface area contributed by atoms with E-state index in [0.717, 1.165) is 16.7 Å². The van der Waals surface area contributed by atoms with Crippen LogP contribution in [0.2, 0.25) is 0 Å². The van der Waals surface area contributed by atoms with Gasteiger partial charge in [-0.05, 0) is 65.2 Å². The van der Waals surface area contributed by atoms with Crippen LogP contribution in [0.15, 0.2) is 48.5 Å². The number of para-hydroxylation sites is 1. The molecule has 1 atom stereocenters. The number of carbonyl (C=O) groups excluding carboxylic acids is 2. The lowest BCUT2D eigenvalue weighted by atomic mass is 10.1. The molecule has 0 heterocycles. The molecule has 0 bridgehead atoms. The maximum Gasteiger partial charge on any atom is 0.242 e. The van der Waals surface area contributed by atoms with E-state index in [1.165, 1.54) is 10.6 Å². The quantitative estimate of drug-likeness (QED) is 0.529. The van der Waals surface area contributed by atoms with Crippen molar-refractivity contribution in [2.45, 2.75) is 72.5 Å². The molecule has 0 aliphatic rings. The minimum Gasteiger partial charge on any atom is -0.350 e. The number of benzene rings is 2. The molecule has 2 rings (SSSR count). The zero-order valence-corrected chi connectivity index (χ0v) is 22.8. The number of hydrogen-bond donors (Lipinski definition) is 1. The summed E-state index contributed by atoms with van der Waals surface area (Å²) in [6.45, 7) is 11.7. The second kappa shape index (κ2) is 11.7. The van der Waals surface area contributed by atoms with E-state index in [-0.39, 0.29) is 24.8 Å². The molecular weight excluding hydrogens is 462 g/mol. The Morgan fingerprint density at radius 1 is 1.00 bits per heavy atom. The smallest absolute Gasteiger partial charge is 0.242 e. The Labute approximate surface area is 210 Å². The van der Waals surface area contributed by atoms with Gasteiger partial charge in [-0.2, -0.15) is 0 Å². The number of anilines is 1. The summed E-state index contributed by atoms with van der Waals surface area (Å²) in [7, 11) is -3.52. The van der Waals surface area contributed by atoms with E-state index < -0.39 is 21.6 Å². The van der Waals surface area contributed by atoms with Crippen LogP contribution in [-0.4, -0.2) is 49.5 Å². The molecule has 7 nitrogen and oxygen atoms in total. The highest BCUT2D eigenvalue weighted by Gasteiger charge is 2.28. The Balaban J connectivity index is 2.19. The van der Waals surface area contributed by atoms with E-state index in [0.29, 0.717) is 18.7 Å². The van der Waals surface area contributed by atoms with Gasteiger partial charge in [-0.15, -0.1) is 0 Å². The van der Waals surface area contributed by atoms with Crippen LogP contribution in [0.25, 0.3) is 0 Å². The van der Waals surface area contributed by atoms with Gasteiger partial charge in [0.2, 0.25) is 21.8 Å². The number of hydrogen-bond acceptors (Lipinski definition) is 4. The number of amides is 2. The number of carbonyl (C=O) groups is 2. The molecule has 2 aromatic carbocycles. The average molecular weight is 502 g/mol. The van der Waals surface area contributed by atoms with Crippen molar-refractivity contribution in [2.24, 2.45) is 0 Å². The van der Waals surface area contributed by atoms with Crippen LogP contribution in [0.4, 0.5) is 5.69 Å². The number of aryl methyl sites for hydroxylation is 2. The van der Waals surface area contributed by atoms with Gasteiger partial charge in [0.15, 0.2) is 0 Å². The Morgan fingerprint density at radius 2 is 1.60 bits per heavy atom. The number of nitrogens with zero attached hydrogens (tertiary/aromatic N) is 2. The van der Waals surface area contributed by atoms with Gasteiger partial charge in [0.05, 0.1) is 11.9 Å². The Hall–Kier alpha value is -2.87. The zero-order chi connectivity index (χ0) is 26.4. The van der Waals surface area contributed by atoms with Crippen LogP contribution < -0.4 is 9.62 Å². The summed E-state index contributed by atoms with van der Waals surface area (Å²) in [5.41, 5.74) is 3.07. The summed E-state index contributed by atoms with van der Waals surface area (Å²) in [6, 6.07) is 14.5. The van der Waals surface area contributed by atoms with Crippen LogP contribution in [0.5, 0.6) is 0 Å². The zero-order valence-electron chi connectivity index (χ0n) is 22.0. The van der Waals surface area contributed by atoms with E-state index in [1.54, 1.807) is 24.0 Å². The number of nitrogens with one attached hydrogen (secondary N) is 1. The first kappa shape index (κ1) is 28.4. The minimum absolute atomic E-state index is 0.122. The standard InChI is InChI=1S/C27H39N3O4S/c1-20-14-16-23(17-15-20)19-29(22(3)26(32)28-27(4,5)6)25(31)13-10-18-30(35(7,33)34)24-12-9-8-11-21(24)2/h8-9,11-12,14-17,22H,10,13,18-19H2,1-7H3,(H,28,32)/t22-/m0/s1. The lowest BCUT2D eigenvalue weighted by Crippen LogP contribution is -2.52. The van der Waals surface area contributed by atoms with Crippen molar-refractivity contribution in [3.05, 3.63) is 65.2 Å². The van der Waals surface area contributed by atoms with E-state index in [1.807, 2.05) is 71.0 Å². The molecule has 0 aliphatic carbocycles. The topological polar surface area (TPSA) is 86.8 Å². The molecule has 0 spiro atoms. The van der Waals surface area contributed by atoms with Crippen molar-refractivity contribution in [3.63, 3.8) is 0 Å². The Bertz CT molecular complexity index is 1120. The highest BCUT2D eigenvalue weighted by atomic mass is 32.2. The predicted molar refractivity (Wildman–Crippen MR) is 142 cm³/mol. The van der Waals surface area contributed by atoms with E-state index in [4.69, 9.17) is 0 Å². The van der Waals surface area contributed by atoms with Gasteiger partial charge < -0.3 is 10.2 Å². The normalized spacial score (nSPS) is 12.7. The molecule has 0 unspecified atom stereocenters. The molecule has 35 heavy (non-hydrogen) atoms. The van der Waals surface area contributed by atoms with Crippen molar-refractivity contribution >= 4 is 27.5 Å². The third kappa shape index (κ3) is 8.69. The van der Waals surface area contributed by atoms with E-state index in [9.17, 15) is 18.0 Å². The first-order chi connectivity index (χ1) is 16.2. The number of sulfonamides is 1. The van der Waals surface area contributed by atoms with Crippen LogP contribution in [0.3, 0.4) is 0 Å². The Kier molecular flexibility index (Phi) is 9.49. The highest BCUT2D eigenvalue weighted by Crippen LogP contribution is 2.23. The van der Waals surface area contributed by atoms with Gasteiger partial charge in [0.1, 0.15) is 6.04 Å². The molecular formula is C27H39N3O4S. The summed E-state index contributed by atoms with van der Waals surface area (Å²) in [5.74, 6) is -0.420. The molecule has 0 fully saturated rings. The molecule has 0 aliphatic heterocycles.